The summed E-state index contributed by atoms with van der Waals surface area (Å²) >= 11 is -2.07. The average molecular weight is 178 g/mol. The maximum absolute atomic E-state index is 10.6. The van der Waals surface area contributed by atoms with Crippen molar-refractivity contribution < 1.29 is 13.5 Å². The molecule has 0 N–H and O–H groups in total. The topological polar surface area (TPSA) is 52.6 Å². The number of rotatable bonds is 3. The minimum absolute atomic E-state index is 0.0679. The third-order valence-corrected chi connectivity index (χ3v) is 2.74. The van der Waals surface area contributed by atoms with Gasteiger partial charge in [0.15, 0.2) is 0 Å². The van der Waals surface area contributed by atoms with Crippen LogP contribution < -0.4 is 0 Å². The van der Waals surface area contributed by atoms with Gasteiger partial charge in [-0.2, -0.15) is 0 Å². The summed E-state index contributed by atoms with van der Waals surface area (Å²) in [4.78, 5) is 0. The normalized spacial score (nSPS) is 29.1. The lowest BCUT2D eigenvalue weighted by Crippen LogP contribution is -2.34. The van der Waals surface area contributed by atoms with Gasteiger partial charge in [-0.15, -0.1) is 0 Å². The van der Waals surface area contributed by atoms with E-state index in [0.29, 0.717) is 13.2 Å². The van der Waals surface area contributed by atoms with Crippen LogP contribution in [0.1, 0.15) is 12.8 Å². The molecule has 2 unspecified atom stereocenters. The van der Waals surface area contributed by atoms with Gasteiger partial charge in [-0.3, -0.25) is 4.21 Å². The molecule has 1 heterocycles. The molecular weight excluding hydrogens is 166 g/mol. The molecular formula is C6H12NO3S-. The van der Waals surface area contributed by atoms with Crippen LogP contribution in [-0.2, 0) is 16.0 Å². The molecule has 0 radical (unpaired) electrons. The first-order valence-corrected chi connectivity index (χ1v) is 4.64. The molecule has 0 amide bonds. The van der Waals surface area contributed by atoms with Crippen LogP contribution in [0.5, 0.6) is 0 Å². The maximum atomic E-state index is 10.6. The van der Waals surface area contributed by atoms with Gasteiger partial charge in [0, 0.05) is 31.0 Å². The van der Waals surface area contributed by atoms with Gasteiger partial charge >= 0.3 is 0 Å². The summed E-state index contributed by atoms with van der Waals surface area (Å²) in [5.41, 5.74) is 0. The second-order valence-corrected chi connectivity index (χ2v) is 3.51. The van der Waals surface area contributed by atoms with Gasteiger partial charge in [-0.05, 0) is 12.8 Å². The van der Waals surface area contributed by atoms with Gasteiger partial charge in [-0.25, -0.2) is 4.31 Å². The molecule has 0 aromatic carbocycles. The van der Waals surface area contributed by atoms with Gasteiger partial charge < -0.3 is 9.29 Å². The standard InChI is InChI=1S/C6H13NO3S/c1-10-5-6-3-2-4-7(6)11(8)9/h6H,2-5H2,1H3,(H,8,9)/p-1. The Balaban J connectivity index is 2.44. The van der Waals surface area contributed by atoms with Gasteiger partial charge in [-0.1, -0.05) is 0 Å². The Morgan fingerprint density at radius 1 is 1.82 bits per heavy atom. The summed E-state index contributed by atoms with van der Waals surface area (Å²) in [5.74, 6) is 0. The van der Waals surface area contributed by atoms with Crippen molar-refractivity contribution >= 4 is 11.3 Å². The molecule has 4 nitrogen and oxygen atoms in total. The van der Waals surface area contributed by atoms with E-state index in [0.717, 1.165) is 12.8 Å². The van der Waals surface area contributed by atoms with E-state index < -0.39 is 11.3 Å². The lowest BCUT2D eigenvalue weighted by atomic mass is 10.2. The Morgan fingerprint density at radius 3 is 3.09 bits per heavy atom. The number of ether oxygens (including phenoxy) is 1. The fraction of sp³-hybridized carbons (Fsp3) is 1.00. The van der Waals surface area contributed by atoms with E-state index in [2.05, 4.69) is 0 Å². The van der Waals surface area contributed by atoms with Crippen molar-refractivity contribution in [3.8, 4) is 0 Å². The van der Waals surface area contributed by atoms with Gasteiger partial charge in [0.25, 0.3) is 0 Å². The van der Waals surface area contributed by atoms with Crippen LogP contribution >= 0.6 is 0 Å². The molecule has 0 bridgehead atoms. The van der Waals surface area contributed by atoms with Crippen molar-refractivity contribution in [3.05, 3.63) is 0 Å². The summed E-state index contributed by atoms with van der Waals surface area (Å²) in [6, 6.07) is 0.0679. The largest absolute Gasteiger partial charge is 0.760 e. The lowest BCUT2D eigenvalue weighted by Gasteiger charge is -2.24. The van der Waals surface area contributed by atoms with Crippen molar-refractivity contribution in [3.63, 3.8) is 0 Å². The van der Waals surface area contributed by atoms with Crippen molar-refractivity contribution in [1.82, 2.24) is 4.31 Å². The van der Waals surface area contributed by atoms with Gasteiger partial charge in [0.2, 0.25) is 0 Å². The molecule has 0 aliphatic carbocycles. The predicted molar refractivity (Wildman–Crippen MR) is 40.5 cm³/mol. The smallest absolute Gasteiger partial charge is 0.0627 e. The highest BCUT2D eigenvalue weighted by atomic mass is 32.2. The summed E-state index contributed by atoms with van der Waals surface area (Å²) in [6.45, 7) is 1.15. The van der Waals surface area contributed by atoms with Gasteiger partial charge in [0.1, 0.15) is 0 Å². The molecule has 0 spiro atoms. The van der Waals surface area contributed by atoms with Crippen molar-refractivity contribution in [2.45, 2.75) is 18.9 Å². The highest BCUT2D eigenvalue weighted by Crippen LogP contribution is 2.17. The van der Waals surface area contributed by atoms with E-state index in [4.69, 9.17) is 4.74 Å². The second-order valence-electron chi connectivity index (χ2n) is 2.61. The monoisotopic (exact) mass is 178 g/mol. The molecule has 5 heteroatoms. The van der Waals surface area contributed by atoms with E-state index in [9.17, 15) is 8.76 Å². The molecule has 0 aromatic heterocycles. The highest BCUT2D eigenvalue weighted by molar-refractivity contribution is 7.76. The Kier molecular flexibility index (Phi) is 3.45. The summed E-state index contributed by atoms with van der Waals surface area (Å²) < 4.78 is 27.5. The average Bonchev–Trinajstić information content (AvgIpc) is 2.36. The second kappa shape index (κ2) is 4.15. The van der Waals surface area contributed by atoms with Crippen LogP contribution in [0, 0.1) is 0 Å². The van der Waals surface area contributed by atoms with E-state index in [-0.39, 0.29) is 6.04 Å². The number of hydrogen-bond donors (Lipinski definition) is 0. The molecule has 1 saturated heterocycles. The Labute approximate surface area is 68.9 Å². The molecule has 11 heavy (non-hydrogen) atoms. The zero-order valence-electron chi connectivity index (χ0n) is 6.49. The van der Waals surface area contributed by atoms with E-state index in [1.54, 1.807) is 7.11 Å². The lowest BCUT2D eigenvalue weighted by molar-refractivity contribution is 0.148. The van der Waals surface area contributed by atoms with Crippen molar-refractivity contribution in [2.75, 3.05) is 20.3 Å². The molecule has 1 fully saturated rings. The molecule has 1 rings (SSSR count). The van der Waals surface area contributed by atoms with Crippen LogP contribution in [0.3, 0.4) is 0 Å². The van der Waals surface area contributed by atoms with Crippen LogP contribution in [0.15, 0.2) is 0 Å². The fourth-order valence-electron chi connectivity index (χ4n) is 1.36. The van der Waals surface area contributed by atoms with Gasteiger partial charge in [0.05, 0.1) is 6.61 Å². The molecule has 1 aliphatic rings. The quantitative estimate of drug-likeness (QED) is 0.567. The highest BCUT2D eigenvalue weighted by Gasteiger charge is 2.24. The first-order valence-electron chi connectivity index (χ1n) is 3.60. The maximum Gasteiger partial charge on any atom is 0.0627 e. The van der Waals surface area contributed by atoms with Crippen molar-refractivity contribution in [1.29, 1.82) is 0 Å². The van der Waals surface area contributed by atoms with Crippen LogP contribution in [0.4, 0.5) is 0 Å². The predicted octanol–water partition coefficient (Wildman–Crippen LogP) is -0.109. The van der Waals surface area contributed by atoms with Crippen molar-refractivity contribution in [2.24, 2.45) is 0 Å². The first kappa shape index (κ1) is 9.12. The SMILES string of the molecule is COCC1CCCN1S(=O)[O-]. The van der Waals surface area contributed by atoms with Crippen LogP contribution in [0.25, 0.3) is 0 Å². The minimum Gasteiger partial charge on any atom is -0.760 e. The molecule has 2 atom stereocenters. The minimum atomic E-state index is -2.07. The third kappa shape index (κ3) is 2.23. The first-order chi connectivity index (χ1) is 5.25. The number of methoxy groups -OCH3 is 1. The molecule has 0 saturated carbocycles. The molecule has 0 aromatic rings. The summed E-state index contributed by atoms with van der Waals surface area (Å²) in [5, 5.41) is 0. The Hall–Kier alpha value is 0.0300. The fourth-order valence-corrected chi connectivity index (χ4v) is 2.05. The summed E-state index contributed by atoms with van der Waals surface area (Å²) in [6.07, 6.45) is 1.86. The molecule has 66 valence electrons. The Morgan fingerprint density at radius 2 is 2.55 bits per heavy atom. The number of hydrogen-bond acceptors (Lipinski definition) is 3. The van der Waals surface area contributed by atoms with Crippen LogP contribution in [-0.4, -0.2) is 39.4 Å². The number of nitrogens with zero attached hydrogens (tertiary/aromatic N) is 1. The Bertz CT molecular complexity index is 153. The van der Waals surface area contributed by atoms with E-state index >= 15 is 0 Å². The zero-order valence-corrected chi connectivity index (χ0v) is 7.30. The zero-order chi connectivity index (χ0) is 8.27. The van der Waals surface area contributed by atoms with E-state index in [1.165, 1.54) is 4.31 Å². The third-order valence-electron chi connectivity index (χ3n) is 1.87. The molecule has 1 aliphatic heterocycles. The summed E-state index contributed by atoms with van der Waals surface area (Å²) in [7, 11) is 1.59. The van der Waals surface area contributed by atoms with E-state index in [1.807, 2.05) is 0 Å². The van der Waals surface area contributed by atoms with Crippen LogP contribution in [0.2, 0.25) is 0 Å².